The first-order valence-electron chi connectivity index (χ1n) is 6.14. The van der Waals surface area contributed by atoms with Crippen molar-refractivity contribution in [3.05, 3.63) is 34.7 Å². The molecular formula is C15H16O4S. The van der Waals surface area contributed by atoms with Crippen molar-refractivity contribution in [1.82, 2.24) is 0 Å². The van der Waals surface area contributed by atoms with Crippen LogP contribution in [-0.4, -0.2) is 23.3 Å². The first-order chi connectivity index (χ1) is 9.43. The molecule has 0 aliphatic heterocycles. The molecule has 0 amide bonds. The minimum atomic E-state index is -0.450. The lowest BCUT2D eigenvalue weighted by Crippen LogP contribution is -1.96. The quantitative estimate of drug-likeness (QED) is 0.667. The van der Waals surface area contributed by atoms with E-state index in [9.17, 15) is 15.0 Å². The number of phenols is 2. The van der Waals surface area contributed by atoms with Gasteiger partial charge in [0.25, 0.3) is 0 Å². The smallest absolute Gasteiger partial charge is 0.348 e. The summed E-state index contributed by atoms with van der Waals surface area (Å²) in [6.45, 7) is 5.70. The normalized spacial score (nSPS) is 10.7. The number of esters is 1. The molecular weight excluding hydrogens is 276 g/mol. The lowest BCUT2D eigenvalue weighted by molar-refractivity contribution is 0.0606. The molecule has 4 nitrogen and oxygen atoms in total. The fourth-order valence-corrected chi connectivity index (χ4v) is 3.00. The summed E-state index contributed by atoms with van der Waals surface area (Å²) >= 11 is 1.18. The molecule has 106 valence electrons. The highest BCUT2D eigenvalue weighted by atomic mass is 32.1. The fourth-order valence-electron chi connectivity index (χ4n) is 1.98. The summed E-state index contributed by atoms with van der Waals surface area (Å²) < 4.78 is 5.31. The largest absolute Gasteiger partial charge is 0.507 e. The molecule has 0 aliphatic carbocycles. The summed E-state index contributed by atoms with van der Waals surface area (Å²) in [6.07, 6.45) is 1.19. The molecule has 1 heterocycles. The Morgan fingerprint density at radius 1 is 1.40 bits per heavy atom. The van der Waals surface area contributed by atoms with Crippen LogP contribution in [0.5, 0.6) is 11.5 Å². The number of aromatic hydroxyl groups is 2. The Morgan fingerprint density at radius 2 is 2.10 bits per heavy atom. The Hall–Kier alpha value is -2.01. The zero-order chi connectivity index (χ0) is 14.9. The molecule has 0 unspecified atom stereocenters. The van der Waals surface area contributed by atoms with Crippen LogP contribution in [0.25, 0.3) is 10.1 Å². The van der Waals surface area contributed by atoms with Crippen molar-refractivity contribution in [3.8, 4) is 11.5 Å². The first-order valence-corrected chi connectivity index (χ1v) is 6.95. The van der Waals surface area contributed by atoms with Gasteiger partial charge < -0.3 is 14.9 Å². The van der Waals surface area contributed by atoms with Crippen molar-refractivity contribution in [2.75, 3.05) is 7.11 Å². The minimum Gasteiger partial charge on any atom is -0.507 e. The molecule has 2 rings (SSSR count). The summed E-state index contributed by atoms with van der Waals surface area (Å²) in [7, 11) is 1.31. The predicted octanol–water partition coefficient (Wildman–Crippen LogP) is 3.61. The van der Waals surface area contributed by atoms with Crippen LogP contribution in [0.4, 0.5) is 0 Å². The number of methoxy groups -OCH3 is 1. The van der Waals surface area contributed by atoms with Crippen LogP contribution < -0.4 is 0 Å². The van der Waals surface area contributed by atoms with Crippen LogP contribution >= 0.6 is 11.3 Å². The van der Waals surface area contributed by atoms with E-state index < -0.39 is 5.97 Å². The average Bonchev–Trinajstić information content (AvgIpc) is 2.81. The summed E-state index contributed by atoms with van der Waals surface area (Å²) in [5, 5.41) is 20.8. The lowest BCUT2D eigenvalue weighted by atomic mass is 10.0. The van der Waals surface area contributed by atoms with Gasteiger partial charge in [-0.2, -0.15) is 0 Å². The Balaban J connectivity index is 2.50. The monoisotopic (exact) mass is 292 g/mol. The van der Waals surface area contributed by atoms with Crippen molar-refractivity contribution < 1.29 is 19.7 Å². The molecule has 0 spiro atoms. The van der Waals surface area contributed by atoms with Gasteiger partial charge in [0.15, 0.2) is 0 Å². The second-order valence-electron chi connectivity index (χ2n) is 4.69. The average molecular weight is 292 g/mol. The number of rotatable bonds is 4. The molecule has 20 heavy (non-hydrogen) atoms. The van der Waals surface area contributed by atoms with Gasteiger partial charge >= 0.3 is 5.97 Å². The number of ether oxygens (including phenoxy) is 1. The molecule has 0 fully saturated rings. The van der Waals surface area contributed by atoms with Crippen molar-refractivity contribution in [2.45, 2.75) is 19.8 Å². The number of hydrogen-bond acceptors (Lipinski definition) is 5. The molecule has 1 aromatic carbocycles. The first kappa shape index (κ1) is 14.4. The fraction of sp³-hybridized carbons (Fsp3) is 0.267. The number of carbonyl (C=O) groups excluding carboxylic acids is 1. The maximum atomic E-state index is 11.5. The van der Waals surface area contributed by atoms with Crippen LogP contribution in [0, 0.1) is 0 Å². The molecule has 0 aliphatic rings. The number of hydrogen-bond donors (Lipinski definition) is 2. The number of phenolic OH excluding ortho intramolecular Hbond substituents is 2. The summed E-state index contributed by atoms with van der Waals surface area (Å²) in [4.78, 5) is 11.9. The number of fused-ring (bicyclic) bond motifs is 1. The Labute approximate surface area is 120 Å². The third-order valence-corrected chi connectivity index (χ3v) is 4.13. The molecule has 1 aromatic heterocycles. The zero-order valence-corrected chi connectivity index (χ0v) is 12.2. The SMILES string of the molecule is C=C(C)CCc1c(O)cc2sc(C(=O)OC)cc2c1O. The van der Waals surface area contributed by atoms with Crippen LogP contribution in [0.15, 0.2) is 24.3 Å². The maximum absolute atomic E-state index is 11.5. The number of benzene rings is 1. The van der Waals surface area contributed by atoms with Crippen LogP contribution in [0.3, 0.4) is 0 Å². The zero-order valence-electron chi connectivity index (χ0n) is 11.4. The van der Waals surface area contributed by atoms with Crippen LogP contribution in [0.1, 0.15) is 28.6 Å². The Bertz CT molecular complexity index is 685. The van der Waals surface area contributed by atoms with E-state index in [1.54, 1.807) is 12.1 Å². The molecule has 2 aromatic rings. The van der Waals surface area contributed by atoms with Crippen molar-refractivity contribution in [2.24, 2.45) is 0 Å². The maximum Gasteiger partial charge on any atom is 0.348 e. The molecule has 5 heteroatoms. The van der Waals surface area contributed by atoms with Gasteiger partial charge in [-0.1, -0.05) is 5.57 Å². The number of carbonyl (C=O) groups is 1. The van der Waals surface area contributed by atoms with E-state index in [0.717, 1.165) is 5.57 Å². The van der Waals surface area contributed by atoms with E-state index >= 15 is 0 Å². The van der Waals surface area contributed by atoms with Gasteiger partial charge in [-0.25, -0.2) is 4.79 Å². The van der Waals surface area contributed by atoms with Gasteiger partial charge in [0.2, 0.25) is 0 Å². The topological polar surface area (TPSA) is 66.8 Å². The highest BCUT2D eigenvalue weighted by Crippen LogP contribution is 2.40. The molecule has 2 N–H and O–H groups in total. The van der Waals surface area contributed by atoms with Gasteiger partial charge in [-0.05, 0) is 31.9 Å². The van der Waals surface area contributed by atoms with Crippen LogP contribution in [-0.2, 0) is 11.2 Å². The van der Waals surface area contributed by atoms with E-state index in [2.05, 4.69) is 11.3 Å². The number of thiophene rings is 1. The summed E-state index contributed by atoms with van der Waals surface area (Å²) in [5.41, 5.74) is 1.46. The van der Waals surface area contributed by atoms with E-state index in [1.165, 1.54) is 18.4 Å². The Morgan fingerprint density at radius 3 is 2.70 bits per heavy atom. The summed E-state index contributed by atoms with van der Waals surface area (Å²) in [6, 6.07) is 3.16. The predicted molar refractivity (Wildman–Crippen MR) is 79.6 cm³/mol. The Kier molecular flexibility index (Phi) is 3.99. The van der Waals surface area contributed by atoms with Gasteiger partial charge in [0.05, 0.1) is 7.11 Å². The minimum absolute atomic E-state index is 0.0210. The van der Waals surface area contributed by atoms with Crippen LogP contribution in [0.2, 0.25) is 0 Å². The van der Waals surface area contributed by atoms with Gasteiger partial charge in [0, 0.05) is 15.6 Å². The lowest BCUT2D eigenvalue weighted by Gasteiger charge is -2.08. The van der Waals surface area contributed by atoms with Gasteiger partial charge in [-0.15, -0.1) is 17.9 Å². The van der Waals surface area contributed by atoms with Crippen molar-refractivity contribution in [3.63, 3.8) is 0 Å². The molecule has 0 bridgehead atoms. The van der Waals surface area contributed by atoms with Gasteiger partial charge in [0.1, 0.15) is 16.4 Å². The number of allylic oxidation sites excluding steroid dienone is 1. The molecule has 0 saturated heterocycles. The summed E-state index contributed by atoms with van der Waals surface area (Å²) in [5.74, 6) is -0.393. The van der Waals surface area contributed by atoms with E-state index in [1.807, 2.05) is 6.92 Å². The third kappa shape index (κ3) is 2.63. The highest BCUT2D eigenvalue weighted by Gasteiger charge is 2.17. The highest BCUT2D eigenvalue weighted by molar-refractivity contribution is 7.20. The van der Waals surface area contributed by atoms with E-state index in [4.69, 9.17) is 0 Å². The third-order valence-electron chi connectivity index (χ3n) is 3.07. The van der Waals surface area contributed by atoms with Crippen molar-refractivity contribution in [1.29, 1.82) is 0 Å². The van der Waals surface area contributed by atoms with E-state index in [0.29, 0.717) is 33.4 Å². The molecule has 0 radical (unpaired) electrons. The van der Waals surface area contributed by atoms with Gasteiger partial charge in [-0.3, -0.25) is 0 Å². The molecule has 0 atom stereocenters. The van der Waals surface area contributed by atoms with E-state index in [-0.39, 0.29) is 11.5 Å². The molecule has 0 saturated carbocycles. The van der Waals surface area contributed by atoms with Crippen molar-refractivity contribution >= 4 is 27.4 Å². The second-order valence-corrected chi connectivity index (χ2v) is 5.78. The standard InChI is InChI=1S/C15H16O4S/c1-8(2)4-5-9-11(16)7-12-10(14(9)17)6-13(20-12)15(18)19-3/h6-7,16-17H,1,4-5H2,2-3H3. The second kappa shape index (κ2) is 5.54.